The molecule has 1 fully saturated rings. The molecule has 75 heavy (non-hydrogen) atoms. The van der Waals surface area contributed by atoms with Crippen LogP contribution in [0.3, 0.4) is 0 Å². The van der Waals surface area contributed by atoms with E-state index in [1.165, 1.54) is 28.3 Å². The molecule has 1 aliphatic heterocycles. The van der Waals surface area contributed by atoms with Crippen molar-refractivity contribution in [3.63, 3.8) is 0 Å². The minimum absolute atomic E-state index is 0.0111. The number of aliphatic hydroxyl groups excluding tert-OH is 1. The molecule has 0 aromatic heterocycles. The van der Waals surface area contributed by atoms with Crippen LogP contribution < -0.4 is 21.3 Å². The number of carbonyl (C=O) groups excluding carboxylic acids is 8. The molecule has 22 heteroatoms. The third-order valence-corrected chi connectivity index (χ3v) is 14.0. The van der Waals surface area contributed by atoms with E-state index in [2.05, 4.69) is 21.3 Å². The van der Waals surface area contributed by atoms with E-state index < -0.39 is 96.4 Å². The number of likely N-dealkylation sites (N-methyl/N-ethyl adjacent to an activating group) is 2. The Kier molecular flexibility index (Phi) is 32.7. The number of likely N-dealkylation sites (tertiary alicyclic amines) is 1. The minimum atomic E-state index is -0.964. The smallest absolute Gasteiger partial charge is 0.328 e. The molecule has 12 atom stereocenters. The molecular formula is C53H97N7O15. The molecule has 434 valence electrons. The van der Waals surface area contributed by atoms with Crippen molar-refractivity contribution in [1.82, 2.24) is 36.0 Å². The first-order valence-electron chi connectivity index (χ1n) is 27.0. The largest absolute Gasteiger partial charge is 0.464 e. The van der Waals surface area contributed by atoms with Gasteiger partial charge in [0.2, 0.25) is 35.4 Å². The fraction of sp³-hybridized carbons (Fsp3) is 0.849. The van der Waals surface area contributed by atoms with Crippen molar-refractivity contribution in [2.24, 2.45) is 23.7 Å². The Labute approximate surface area is 447 Å². The third-order valence-electron chi connectivity index (χ3n) is 14.0. The Balaban J connectivity index is 2.81. The van der Waals surface area contributed by atoms with Gasteiger partial charge in [-0.2, -0.15) is 0 Å². The molecule has 5 N–H and O–H groups in total. The molecule has 1 aliphatic rings. The van der Waals surface area contributed by atoms with Crippen molar-refractivity contribution in [3.05, 3.63) is 0 Å². The van der Waals surface area contributed by atoms with E-state index in [9.17, 15) is 43.5 Å². The van der Waals surface area contributed by atoms with Gasteiger partial charge in [0.1, 0.15) is 24.7 Å². The van der Waals surface area contributed by atoms with E-state index in [1.54, 1.807) is 30.7 Å². The van der Waals surface area contributed by atoms with Crippen LogP contribution in [0.1, 0.15) is 133 Å². The van der Waals surface area contributed by atoms with Crippen LogP contribution in [0.2, 0.25) is 0 Å². The lowest BCUT2D eigenvalue weighted by Gasteiger charge is -2.41. The number of esters is 2. The Morgan fingerprint density at radius 2 is 1.41 bits per heavy atom. The molecule has 0 aliphatic carbocycles. The molecule has 1 rings (SSSR count). The van der Waals surface area contributed by atoms with E-state index in [1.807, 2.05) is 67.5 Å². The lowest BCUT2D eigenvalue weighted by molar-refractivity contribution is -0.194. The number of rotatable bonds is 37. The summed E-state index contributed by atoms with van der Waals surface area (Å²) in [5, 5.41) is 20.5. The highest BCUT2D eigenvalue weighted by Crippen LogP contribution is 2.30. The van der Waals surface area contributed by atoms with Crippen molar-refractivity contribution >= 4 is 47.4 Å². The maximum atomic E-state index is 14.3. The van der Waals surface area contributed by atoms with Crippen LogP contribution in [0.25, 0.3) is 0 Å². The topological polar surface area (TPSA) is 270 Å². The average molecular weight is 1070 g/mol. The first-order chi connectivity index (χ1) is 35.4. The SMILES string of the molecule is CCC(CO)OC(COC(=O)CCCC(=O)N[C@@H](C)C(=O)OCCCNC(=O)[C@H](CC)NC(=O)[C@H](C)[C@@H](OC)[C@@H]1CCCN1C(=O)C[C@@H](OC)[C@H]([C@@H](C)CC)N(C)C(=O)[C@@H](NC(=O)[C@H](C(C)C)N(C)C)C(C)C)OC. The van der Waals surface area contributed by atoms with Gasteiger partial charge in [0.15, 0.2) is 6.29 Å². The average Bonchev–Trinajstić information content (AvgIpc) is 3.85. The van der Waals surface area contributed by atoms with Crippen LogP contribution in [0.5, 0.6) is 0 Å². The second kappa shape index (κ2) is 35.8. The van der Waals surface area contributed by atoms with Crippen LogP contribution in [-0.2, 0) is 66.8 Å². The molecule has 0 bridgehead atoms. The monoisotopic (exact) mass is 1070 g/mol. The molecule has 0 aromatic carbocycles. The standard InChI is InChI=1S/C53H97N7O15/c1-17-34(8)47(59(13)52(68)45(32(4)5)57-51(67)46(33(6)7)58(11)12)40(70-14)29-42(63)60-27-21-23-39(60)48(72-16)35(9)49(65)56-38(19-3)50(66)54-26-22-28-73-53(69)36(10)55-41(62)24-20-25-43(64)74-31-44(71-15)75-37(18-2)30-61/h32-40,44-48,61H,17-31H2,1-16H3,(H,54,66)(H,55,62)(H,56,65)(H,57,67)/t34-,35+,36-,37?,38-,39-,40+,44?,45-,46-,47-,48+/m0/s1. The third kappa shape index (κ3) is 22.6. The van der Waals surface area contributed by atoms with Gasteiger partial charge in [0, 0.05) is 54.3 Å². The van der Waals surface area contributed by atoms with Gasteiger partial charge in [-0.1, -0.05) is 68.7 Å². The summed E-state index contributed by atoms with van der Waals surface area (Å²) in [4.78, 5) is 112. The molecule has 0 radical (unpaired) electrons. The molecular weight excluding hydrogens is 975 g/mol. The number of ether oxygens (including phenoxy) is 6. The van der Waals surface area contributed by atoms with Crippen molar-refractivity contribution in [2.45, 2.75) is 194 Å². The molecule has 6 amide bonds. The van der Waals surface area contributed by atoms with Crippen LogP contribution in [-0.4, -0.2) is 203 Å². The maximum absolute atomic E-state index is 14.3. The Bertz CT molecular complexity index is 1760. The van der Waals surface area contributed by atoms with E-state index in [0.717, 1.165) is 0 Å². The lowest BCUT2D eigenvalue weighted by Crippen LogP contribution is -2.59. The number of hydrogen-bond acceptors (Lipinski definition) is 16. The van der Waals surface area contributed by atoms with Gasteiger partial charge in [-0.25, -0.2) is 4.79 Å². The van der Waals surface area contributed by atoms with E-state index >= 15 is 0 Å². The molecule has 1 heterocycles. The van der Waals surface area contributed by atoms with Crippen molar-refractivity contribution < 1.29 is 71.9 Å². The minimum Gasteiger partial charge on any atom is -0.464 e. The Morgan fingerprint density at radius 3 is 1.95 bits per heavy atom. The number of methoxy groups -OCH3 is 3. The number of nitrogens with one attached hydrogen (secondary N) is 4. The van der Waals surface area contributed by atoms with Gasteiger partial charge in [0.25, 0.3) is 0 Å². The van der Waals surface area contributed by atoms with Gasteiger partial charge in [0.05, 0.1) is 62.0 Å². The summed E-state index contributed by atoms with van der Waals surface area (Å²) >= 11 is 0. The second-order valence-electron chi connectivity index (χ2n) is 20.6. The zero-order valence-electron chi connectivity index (χ0n) is 48.2. The van der Waals surface area contributed by atoms with E-state index in [-0.39, 0.29) is 100 Å². The molecule has 1 saturated heterocycles. The fourth-order valence-corrected chi connectivity index (χ4v) is 9.42. The number of hydrogen-bond donors (Lipinski definition) is 5. The van der Waals surface area contributed by atoms with Crippen molar-refractivity contribution in [1.29, 1.82) is 0 Å². The normalized spacial score (nSPS) is 18.1. The van der Waals surface area contributed by atoms with Gasteiger partial charge < -0.3 is 64.6 Å². The number of aliphatic hydroxyl groups is 1. The lowest BCUT2D eigenvalue weighted by atomic mass is 9.89. The summed E-state index contributed by atoms with van der Waals surface area (Å²) in [5.41, 5.74) is 0. The maximum Gasteiger partial charge on any atom is 0.328 e. The van der Waals surface area contributed by atoms with Crippen LogP contribution in [0.15, 0.2) is 0 Å². The summed E-state index contributed by atoms with van der Waals surface area (Å²) < 4.78 is 33.0. The van der Waals surface area contributed by atoms with Crippen molar-refractivity contribution in [2.75, 3.05) is 75.4 Å². The predicted octanol–water partition coefficient (Wildman–Crippen LogP) is 2.56. The summed E-state index contributed by atoms with van der Waals surface area (Å²) in [5.74, 6) is -4.31. The summed E-state index contributed by atoms with van der Waals surface area (Å²) in [7, 11) is 9.78. The van der Waals surface area contributed by atoms with Crippen LogP contribution >= 0.6 is 0 Å². The molecule has 2 unspecified atom stereocenters. The number of nitrogens with zero attached hydrogens (tertiary/aromatic N) is 3. The van der Waals surface area contributed by atoms with Gasteiger partial charge in [-0.15, -0.1) is 0 Å². The summed E-state index contributed by atoms with van der Waals surface area (Å²) in [6.07, 6.45) is 0.390. The number of carbonyl (C=O) groups is 8. The quantitative estimate of drug-likeness (QED) is 0.0340. The highest BCUT2D eigenvalue weighted by Gasteiger charge is 2.43. The molecule has 0 aromatic rings. The summed E-state index contributed by atoms with van der Waals surface area (Å²) in [6.45, 7) is 18.6. The second-order valence-corrected chi connectivity index (χ2v) is 20.6. The highest BCUT2D eigenvalue weighted by molar-refractivity contribution is 5.91. The Hall–Kier alpha value is -4.48. The van der Waals surface area contributed by atoms with E-state index in [0.29, 0.717) is 32.2 Å². The fourth-order valence-electron chi connectivity index (χ4n) is 9.42. The predicted molar refractivity (Wildman–Crippen MR) is 281 cm³/mol. The molecule has 0 saturated carbocycles. The van der Waals surface area contributed by atoms with Gasteiger partial charge >= 0.3 is 11.9 Å². The zero-order valence-corrected chi connectivity index (χ0v) is 48.2. The van der Waals surface area contributed by atoms with Crippen molar-refractivity contribution in [3.8, 4) is 0 Å². The van der Waals surface area contributed by atoms with Gasteiger partial charge in [-0.05, 0) is 77.3 Å². The summed E-state index contributed by atoms with van der Waals surface area (Å²) in [6, 6.07) is -4.05. The highest BCUT2D eigenvalue weighted by atomic mass is 16.7. The first kappa shape index (κ1) is 68.5. The molecule has 0 spiro atoms. The number of amides is 6. The Morgan fingerprint density at radius 1 is 0.747 bits per heavy atom. The van der Waals surface area contributed by atoms with E-state index in [4.69, 9.17) is 28.4 Å². The van der Waals surface area contributed by atoms with Gasteiger partial charge in [-0.3, -0.25) is 38.5 Å². The zero-order chi connectivity index (χ0) is 57.1. The van der Waals surface area contributed by atoms with Crippen LogP contribution in [0, 0.1) is 23.7 Å². The first-order valence-corrected chi connectivity index (χ1v) is 27.0. The van der Waals surface area contributed by atoms with Crippen LogP contribution in [0.4, 0.5) is 0 Å². The molecule has 22 nitrogen and oxygen atoms in total.